The zero-order valence-electron chi connectivity index (χ0n) is 14.7. The summed E-state index contributed by atoms with van der Waals surface area (Å²) in [6.07, 6.45) is 2.40. The molecule has 5 heteroatoms. The van der Waals surface area contributed by atoms with E-state index >= 15 is 0 Å². The number of ether oxygens (including phenoxy) is 2. The van der Waals surface area contributed by atoms with Crippen molar-refractivity contribution in [2.75, 3.05) is 27.4 Å². The third-order valence-corrected chi connectivity index (χ3v) is 5.82. The first kappa shape index (κ1) is 17.1. The molecule has 0 aromatic heterocycles. The van der Waals surface area contributed by atoms with Gasteiger partial charge in [-0.2, -0.15) is 0 Å². The number of fused-ring (bicyclic) bond motifs is 1. The van der Waals surface area contributed by atoms with Crippen LogP contribution in [0.1, 0.15) is 25.3 Å². The fourth-order valence-electron chi connectivity index (χ4n) is 4.48. The zero-order valence-corrected chi connectivity index (χ0v) is 14.7. The van der Waals surface area contributed by atoms with E-state index in [9.17, 15) is 9.90 Å². The Hall–Kier alpha value is -1.75. The summed E-state index contributed by atoms with van der Waals surface area (Å²) in [5.74, 6) is 2.75. The highest BCUT2D eigenvalue weighted by Gasteiger charge is 2.50. The largest absolute Gasteiger partial charge is 0.493 e. The fraction of sp³-hybridized carbons (Fsp3) is 0.632. The van der Waals surface area contributed by atoms with Crippen LogP contribution in [-0.4, -0.2) is 49.3 Å². The summed E-state index contributed by atoms with van der Waals surface area (Å²) in [5.41, 5.74) is 1.13. The van der Waals surface area contributed by atoms with E-state index < -0.39 is 0 Å². The number of aliphatic hydroxyl groups is 1. The van der Waals surface area contributed by atoms with Crippen molar-refractivity contribution in [2.45, 2.75) is 32.2 Å². The van der Waals surface area contributed by atoms with Crippen molar-refractivity contribution in [3.8, 4) is 11.5 Å². The smallest absolute Gasteiger partial charge is 0.223 e. The second-order valence-corrected chi connectivity index (χ2v) is 7.02. The number of carbonyl (C=O) groups is 1. The standard InChI is InChI=1S/C19H27NO4/c1-12-8-16-14(15(12)11-21)10-19(22)20(16)7-6-13-4-5-17(23-2)18(9-13)24-3/h4-5,9,12,14-16,21H,6-8,10-11H2,1-3H3/t12-,14-,15+,16?/m0/s1. The van der Waals surface area contributed by atoms with Crippen LogP contribution >= 0.6 is 0 Å². The van der Waals surface area contributed by atoms with Crippen LogP contribution in [0.2, 0.25) is 0 Å². The Labute approximate surface area is 143 Å². The maximum atomic E-state index is 12.4. The van der Waals surface area contributed by atoms with Crippen LogP contribution in [0.3, 0.4) is 0 Å². The maximum absolute atomic E-state index is 12.4. The van der Waals surface area contributed by atoms with Crippen molar-refractivity contribution >= 4 is 5.91 Å². The molecule has 0 bridgehead atoms. The van der Waals surface area contributed by atoms with E-state index in [0.717, 1.165) is 30.7 Å². The van der Waals surface area contributed by atoms with Gasteiger partial charge in [0, 0.05) is 25.6 Å². The van der Waals surface area contributed by atoms with Crippen LogP contribution < -0.4 is 9.47 Å². The van der Waals surface area contributed by atoms with E-state index in [0.29, 0.717) is 30.0 Å². The molecule has 1 saturated heterocycles. The lowest BCUT2D eigenvalue weighted by Crippen LogP contribution is -2.35. The monoisotopic (exact) mass is 333 g/mol. The maximum Gasteiger partial charge on any atom is 0.223 e. The molecule has 1 N–H and O–H groups in total. The van der Waals surface area contributed by atoms with Gasteiger partial charge in [-0.3, -0.25) is 4.79 Å². The van der Waals surface area contributed by atoms with Crippen LogP contribution in [0.5, 0.6) is 11.5 Å². The molecule has 1 aliphatic carbocycles. The second-order valence-electron chi connectivity index (χ2n) is 7.02. The molecule has 132 valence electrons. The molecule has 5 nitrogen and oxygen atoms in total. The summed E-state index contributed by atoms with van der Waals surface area (Å²) in [7, 11) is 3.25. The van der Waals surface area contributed by atoms with Gasteiger partial charge in [-0.15, -0.1) is 0 Å². The molecule has 1 aromatic rings. The van der Waals surface area contributed by atoms with Gasteiger partial charge in [-0.1, -0.05) is 13.0 Å². The molecule has 24 heavy (non-hydrogen) atoms. The molecule has 1 aliphatic heterocycles. The van der Waals surface area contributed by atoms with E-state index in [1.54, 1.807) is 14.2 Å². The van der Waals surface area contributed by atoms with Crippen LogP contribution in [0.15, 0.2) is 18.2 Å². The number of carbonyl (C=O) groups excluding carboxylic acids is 1. The Morgan fingerprint density at radius 2 is 2.00 bits per heavy atom. The Kier molecular flexibility index (Phi) is 4.99. The number of amides is 1. The Bertz CT molecular complexity index is 603. The number of rotatable bonds is 6. The lowest BCUT2D eigenvalue weighted by Gasteiger charge is -2.24. The summed E-state index contributed by atoms with van der Waals surface area (Å²) >= 11 is 0. The first-order chi connectivity index (χ1) is 11.6. The van der Waals surface area contributed by atoms with Crippen molar-refractivity contribution in [1.82, 2.24) is 4.90 Å². The predicted molar refractivity (Wildman–Crippen MR) is 91.2 cm³/mol. The van der Waals surface area contributed by atoms with Gasteiger partial charge in [0.15, 0.2) is 11.5 Å². The van der Waals surface area contributed by atoms with Crippen molar-refractivity contribution in [1.29, 1.82) is 0 Å². The number of aliphatic hydroxyl groups excluding tert-OH is 1. The highest BCUT2D eigenvalue weighted by Crippen LogP contribution is 2.45. The molecule has 0 radical (unpaired) electrons. The average molecular weight is 333 g/mol. The molecule has 1 heterocycles. The third-order valence-electron chi connectivity index (χ3n) is 5.82. The quantitative estimate of drug-likeness (QED) is 0.866. The Balaban J connectivity index is 1.67. The predicted octanol–water partition coefficient (Wildman–Crippen LogP) is 2.11. The molecule has 1 unspecified atom stereocenters. The van der Waals surface area contributed by atoms with Gasteiger partial charge in [-0.05, 0) is 48.3 Å². The lowest BCUT2D eigenvalue weighted by molar-refractivity contribution is -0.129. The minimum atomic E-state index is 0.194. The van der Waals surface area contributed by atoms with E-state index in [2.05, 4.69) is 6.92 Å². The highest BCUT2D eigenvalue weighted by molar-refractivity contribution is 5.79. The highest BCUT2D eigenvalue weighted by atomic mass is 16.5. The molecule has 3 rings (SSSR count). The summed E-state index contributed by atoms with van der Waals surface area (Å²) in [4.78, 5) is 14.4. The van der Waals surface area contributed by atoms with Gasteiger partial charge in [-0.25, -0.2) is 0 Å². The Morgan fingerprint density at radius 1 is 1.25 bits per heavy atom. The van der Waals surface area contributed by atoms with Crippen molar-refractivity contribution in [3.63, 3.8) is 0 Å². The average Bonchev–Trinajstić information content (AvgIpc) is 3.05. The Morgan fingerprint density at radius 3 is 2.67 bits per heavy atom. The van der Waals surface area contributed by atoms with E-state index in [-0.39, 0.29) is 18.4 Å². The zero-order chi connectivity index (χ0) is 17.3. The molecule has 1 saturated carbocycles. The van der Waals surface area contributed by atoms with Crippen molar-refractivity contribution < 1.29 is 19.4 Å². The van der Waals surface area contributed by atoms with E-state index in [4.69, 9.17) is 9.47 Å². The third kappa shape index (κ3) is 2.97. The van der Waals surface area contributed by atoms with Gasteiger partial charge in [0.2, 0.25) is 5.91 Å². The second kappa shape index (κ2) is 7.01. The summed E-state index contributed by atoms with van der Waals surface area (Å²) in [6, 6.07) is 6.20. The van der Waals surface area contributed by atoms with Crippen LogP contribution in [0.4, 0.5) is 0 Å². The van der Waals surface area contributed by atoms with Gasteiger partial charge >= 0.3 is 0 Å². The van der Waals surface area contributed by atoms with Gasteiger partial charge in [0.1, 0.15) is 0 Å². The van der Waals surface area contributed by atoms with Crippen LogP contribution in [0.25, 0.3) is 0 Å². The normalized spacial score (nSPS) is 29.0. The molecule has 2 aliphatic rings. The molecular weight excluding hydrogens is 306 g/mol. The SMILES string of the molecule is COc1ccc(CCN2C(=O)C[C@@H]3C2C[C@H](C)[C@H]3CO)cc1OC. The molecule has 0 spiro atoms. The number of methoxy groups -OCH3 is 2. The number of hydrogen-bond donors (Lipinski definition) is 1. The van der Waals surface area contributed by atoms with Crippen LogP contribution in [0, 0.1) is 17.8 Å². The first-order valence-corrected chi connectivity index (χ1v) is 8.70. The molecule has 4 atom stereocenters. The number of hydrogen-bond acceptors (Lipinski definition) is 4. The lowest BCUT2D eigenvalue weighted by atomic mass is 9.89. The molecule has 1 aromatic carbocycles. The van der Waals surface area contributed by atoms with E-state index in [1.807, 2.05) is 23.1 Å². The minimum absolute atomic E-state index is 0.194. The summed E-state index contributed by atoms with van der Waals surface area (Å²) < 4.78 is 10.6. The summed E-state index contributed by atoms with van der Waals surface area (Å²) in [6.45, 7) is 3.11. The van der Waals surface area contributed by atoms with Gasteiger partial charge in [0.25, 0.3) is 0 Å². The van der Waals surface area contributed by atoms with Gasteiger partial charge < -0.3 is 19.5 Å². The fourth-order valence-corrected chi connectivity index (χ4v) is 4.48. The van der Waals surface area contributed by atoms with Crippen molar-refractivity contribution in [2.24, 2.45) is 17.8 Å². The molecular formula is C19H27NO4. The first-order valence-electron chi connectivity index (χ1n) is 8.70. The molecule has 2 fully saturated rings. The van der Waals surface area contributed by atoms with Crippen molar-refractivity contribution in [3.05, 3.63) is 23.8 Å². The van der Waals surface area contributed by atoms with Crippen LogP contribution in [-0.2, 0) is 11.2 Å². The van der Waals surface area contributed by atoms with Gasteiger partial charge in [0.05, 0.1) is 14.2 Å². The van der Waals surface area contributed by atoms with E-state index in [1.165, 1.54) is 0 Å². The number of nitrogens with zero attached hydrogens (tertiary/aromatic N) is 1. The minimum Gasteiger partial charge on any atom is -0.493 e. The number of likely N-dealkylation sites (tertiary alicyclic amines) is 1. The molecule has 1 amide bonds. The topological polar surface area (TPSA) is 59.0 Å². The summed E-state index contributed by atoms with van der Waals surface area (Å²) in [5, 5.41) is 9.62. The number of benzene rings is 1.